The van der Waals surface area contributed by atoms with Gasteiger partial charge in [0.2, 0.25) is 0 Å². The van der Waals surface area contributed by atoms with Crippen LogP contribution in [0, 0.1) is 0 Å². The molecule has 0 aliphatic rings. The van der Waals surface area contributed by atoms with E-state index in [1.807, 2.05) is 0 Å². The molecule has 1 amide bonds. The van der Waals surface area contributed by atoms with Crippen LogP contribution in [0.1, 0.15) is 24.2 Å². The normalized spacial score (nSPS) is 11.1. The van der Waals surface area contributed by atoms with Gasteiger partial charge in [-0.1, -0.05) is 11.6 Å². The van der Waals surface area contributed by atoms with Crippen molar-refractivity contribution in [2.24, 2.45) is 0 Å². The largest absolute Gasteiger partial charge is 0.495 e. The van der Waals surface area contributed by atoms with Crippen LogP contribution in [0.5, 0.6) is 5.75 Å². The van der Waals surface area contributed by atoms with Crippen molar-refractivity contribution in [2.45, 2.75) is 19.4 Å². The number of nitrogens with one attached hydrogen (secondary N) is 1. The molecule has 2 rings (SSSR count). The fourth-order valence-electron chi connectivity index (χ4n) is 1.80. The van der Waals surface area contributed by atoms with E-state index in [2.05, 4.69) is 10.4 Å². The Kier molecular flexibility index (Phi) is 4.60. The highest BCUT2D eigenvalue weighted by atomic mass is 35.5. The van der Waals surface area contributed by atoms with Crippen LogP contribution in [-0.4, -0.2) is 33.9 Å². The highest BCUT2D eigenvalue weighted by Crippen LogP contribution is 2.25. The van der Waals surface area contributed by atoms with E-state index in [0.29, 0.717) is 22.0 Å². The van der Waals surface area contributed by atoms with Gasteiger partial charge in [-0.3, -0.25) is 9.48 Å². The molecular formula is C15H16ClN3O4. The maximum atomic E-state index is 12.2. The molecule has 2 N–H and O–H groups in total. The van der Waals surface area contributed by atoms with Gasteiger partial charge in [0.05, 0.1) is 24.0 Å². The number of methoxy groups -OCH3 is 1. The summed E-state index contributed by atoms with van der Waals surface area (Å²) in [6, 6.07) is 4.64. The number of rotatable bonds is 5. The average molecular weight is 338 g/mol. The van der Waals surface area contributed by atoms with Crippen LogP contribution < -0.4 is 10.1 Å². The van der Waals surface area contributed by atoms with Crippen molar-refractivity contribution in [3.05, 3.63) is 41.2 Å². The number of aliphatic carboxylic acids is 1. The van der Waals surface area contributed by atoms with E-state index in [1.54, 1.807) is 12.1 Å². The summed E-state index contributed by atoms with van der Waals surface area (Å²) >= 11 is 5.92. The minimum absolute atomic E-state index is 0.358. The summed E-state index contributed by atoms with van der Waals surface area (Å²) in [5.74, 6) is -1.02. The highest BCUT2D eigenvalue weighted by Gasteiger charge is 2.30. The molecule has 2 aromatic rings. The number of carbonyl (C=O) groups excluding carboxylic acids is 1. The number of nitrogens with zero attached hydrogens (tertiary/aromatic N) is 2. The van der Waals surface area contributed by atoms with Gasteiger partial charge in [0.15, 0.2) is 5.54 Å². The standard InChI is InChI=1S/C15H16ClN3O4/c1-15(2,14(21)22)19-8-10(7-17-19)18-13(20)9-4-5-11(16)12(6-9)23-3/h4-8H,1-3H3,(H,18,20)(H,21,22). The van der Waals surface area contributed by atoms with Crippen molar-refractivity contribution in [3.8, 4) is 5.75 Å². The number of carboxylic acid groups (broad SMARTS) is 1. The van der Waals surface area contributed by atoms with E-state index < -0.39 is 11.5 Å². The zero-order valence-electron chi connectivity index (χ0n) is 12.8. The number of anilines is 1. The number of halogens is 1. The number of amides is 1. The third-order valence-electron chi connectivity index (χ3n) is 3.35. The summed E-state index contributed by atoms with van der Waals surface area (Å²) in [6.45, 7) is 3.02. The molecule has 0 spiro atoms. The number of benzene rings is 1. The van der Waals surface area contributed by atoms with Gasteiger partial charge in [0.1, 0.15) is 5.75 Å². The van der Waals surface area contributed by atoms with Gasteiger partial charge in [-0.2, -0.15) is 5.10 Å². The van der Waals surface area contributed by atoms with Crippen LogP contribution >= 0.6 is 11.6 Å². The van der Waals surface area contributed by atoms with E-state index in [4.69, 9.17) is 16.3 Å². The number of aromatic nitrogens is 2. The van der Waals surface area contributed by atoms with E-state index in [1.165, 1.54) is 44.1 Å². The van der Waals surface area contributed by atoms with Gasteiger partial charge in [-0.15, -0.1) is 0 Å². The maximum Gasteiger partial charge on any atom is 0.331 e. The molecule has 0 saturated heterocycles. The van der Waals surface area contributed by atoms with Crippen LogP contribution in [0.15, 0.2) is 30.6 Å². The van der Waals surface area contributed by atoms with Crippen LogP contribution in [-0.2, 0) is 10.3 Å². The van der Waals surface area contributed by atoms with E-state index in [9.17, 15) is 14.7 Å². The second-order valence-electron chi connectivity index (χ2n) is 5.34. The molecule has 0 saturated carbocycles. The van der Waals surface area contributed by atoms with Gasteiger partial charge in [0, 0.05) is 11.8 Å². The number of carbonyl (C=O) groups is 2. The zero-order valence-corrected chi connectivity index (χ0v) is 13.6. The van der Waals surface area contributed by atoms with Gasteiger partial charge in [-0.05, 0) is 32.0 Å². The summed E-state index contributed by atoms with van der Waals surface area (Å²) < 4.78 is 6.34. The first-order valence-corrected chi connectivity index (χ1v) is 7.07. The van der Waals surface area contributed by atoms with Crippen LogP contribution in [0.25, 0.3) is 0 Å². The second-order valence-corrected chi connectivity index (χ2v) is 5.75. The fraction of sp³-hybridized carbons (Fsp3) is 0.267. The molecule has 7 nitrogen and oxygen atoms in total. The molecule has 23 heavy (non-hydrogen) atoms. The number of hydrogen-bond acceptors (Lipinski definition) is 4. The van der Waals surface area contributed by atoms with E-state index in [0.717, 1.165) is 0 Å². The Bertz CT molecular complexity index is 755. The molecule has 1 heterocycles. The molecule has 0 fully saturated rings. The molecule has 0 aliphatic heterocycles. The first kappa shape index (κ1) is 16.8. The molecular weight excluding hydrogens is 322 g/mol. The maximum absolute atomic E-state index is 12.2. The van der Waals surface area contributed by atoms with Crippen molar-refractivity contribution in [1.82, 2.24) is 9.78 Å². The van der Waals surface area contributed by atoms with Crippen molar-refractivity contribution >= 4 is 29.2 Å². The number of ether oxygens (including phenoxy) is 1. The molecule has 0 atom stereocenters. The third kappa shape index (κ3) is 3.45. The summed E-state index contributed by atoms with van der Waals surface area (Å²) in [7, 11) is 1.46. The molecule has 0 radical (unpaired) electrons. The minimum atomic E-state index is -1.22. The highest BCUT2D eigenvalue weighted by molar-refractivity contribution is 6.32. The first-order chi connectivity index (χ1) is 10.8. The Morgan fingerprint density at radius 2 is 2.09 bits per heavy atom. The lowest BCUT2D eigenvalue weighted by atomic mass is 10.1. The predicted octanol–water partition coefficient (Wildman–Crippen LogP) is 2.62. The van der Waals surface area contributed by atoms with E-state index >= 15 is 0 Å². The van der Waals surface area contributed by atoms with Gasteiger partial charge in [0.25, 0.3) is 5.91 Å². The summed E-state index contributed by atoms with van der Waals surface area (Å²) in [6.07, 6.45) is 2.84. The average Bonchev–Trinajstić information content (AvgIpc) is 2.96. The van der Waals surface area contributed by atoms with Crippen LogP contribution in [0.3, 0.4) is 0 Å². The Morgan fingerprint density at radius 1 is 1.39 bits per heavy atom. The third-order valence-corrected chi connectivity index (χ3v) is 3.66. The Balaban J connectivity index is 2.18. The molecule has 0 unspecified atom stereocenters. The Hall–Kier alpha value is -2.54. The van der Waals surface area contributed by atoms with Crippen LogP contribution in [0.2, 0.25) is 5.02 Å². The molecule has 122 valence electrons. The molecule has 8 heteroatoms. The predicted molar refractivity (Wildman–Crippen MR) is 85.1 cm³/mol. The molecule has 1 aromatic carbocycles. The Labute approximate surface area is 137 Å². The van der Waals surface area contributed by atoms with Crippen molar-refractivity contribution < 1.29 is 19.4 Å². The monoisotopic (exact) mass is 337 g/mol. The first-order valence-electron chi connectivity index (χ1n) is 6.69. The van der Waals surface area contributed by atoms with Gasteiger partial charge >= 0.3 is 5.97 Å². The Morgan fingerprint density at radius 3 is 2.70 bits per heavy atom. The molecule has 0 aliphatic carbocycles. The lowest BCUT2D eigenvalue weighted by molar-refractivity contribution is -0.146. The number of hydrogen-bond donors (Lipinski definition) is 2. The summed E-state index contributed by atoms with van der Waals surface area (Å²) in [5.41, 5.74) is -0.471. The molecule has 1 aromatic heterocycles. The minimum Gasteiger partial charge on any atom is -0.495 e. The SMILES string of the molecule is COc1cc(C(=O)Nc2cnn(C(C)(C)C(=O)O)c2)ccc1Cl. The van der Waals surface area contributed by atoms with E-state index in [-0.39, 0.29) is 5.91 Å². The summed E-state index contributed by atoms with van der Waals surface area (Å²) in [4.78, 5) is 23.4. The summed E-state index contributed by atoms with van der Waals surface area (Å²) in [5, 5.41) is 16.2. The fourth-order valence-corrected chi connectivity index (χ4v) is 1.99. The topological polar surface area (TPSA) is 93.5 Å². The van der Waals surface area contributed by atoms with Crippen molar-refractivity contribution in [1.29, 1.82) is 0 Å². The van der Waals surface area contributed by atoms with Gasteiger partial charge < -0.3 is 15.2 Å². The van der Waals surface area contributed by atoms with Crippen LogP contribution in [0.4, 0.5) is 5.69 Å². The molecule has 0 bridgehead atoms. The smallest absolute Gasteiger partial charge is 0.331 e. The number of carboxylic acids is 1. The second kappa shape index (κ2) is 6.29. The van der Waals surface area contributed by atoms with Gasteiger partial charge in [-0.25, -0.2) is 4.79 Å². The quantitative estimate of drug-likeness (QED) is 0.874. The lowest BCUT2D eigenvalue weighted by Gasteiger charge is -2.19. The van der Waals surface area contributed by atoms with Crippen molar-refractivity contribution in [2.75, 3.05) is 12.4 Å². The van der Waals surface area contributed by atoms with Crippen molar-refractivity contribution in [3.63, 3.8) is 0 Å². The zero-order chi connectivity index (χ0) is 17.2. The lowest BCUT2D eigenvalue weighted by Crippen LogP contribution is -2.35.